The monoisotopic (exact) mass is 980 g/mol. The fourth-order valence-corrected chi connectivity index (χ4v) is 8.58. The van der Waals surface area contributed by atoms with Crippen LogP contribution in [-0.2, 0) is 22.9 Å². The number of aromatic hydroxyl groups is 2. The molecule has 0 heterocycles. The number of hydrogen-bond acceptors (Lipinski definition) is 13. The summed E-state index contributed by atoms with van der Waals surface area (Å²) in [5, 5.41) is 30.5. The molecule has 0 aromatic heterocycles. The van der Waals surface area contributed by atoms with Gasteiger partial charge in [0.05, 0.1) is 62.0 Å². The molecule has 0 fully saturated rings. The number of fused-ring (bicyclic) bond motifs is 5. The largest absolute Gasteiger partial charge is 0.508 e. The van der Waals surface area contributed by atoms with Crippen LogP contribution in [0.1, 0.15) is 47.8 Å². The van der Waals surface area contributed by atoms with Crippen molar-refractivity contribution in [2.24, 2.45) is 0 Å². The van der Waals surface area contributed by atoms with Gasteiger partial charge < -0.3 is 39.8 Å². The highest BCUT2D eigenvalue weighted by Crippen LogP contribution is 2.41. The second-order valence-corrected chi connectivity index (χ2v) is 16.8. The first-order valence-electron chi connectivity index (χ1n) is 21.4. The van der Waals surface area contributed by atoms with Crippen molar-refractivity contribution in [1.82, 2.24) is 0 Å². The minimum atomic E-state index is -0.635. The number of phenolic OH excluding ortho intramolecular Hbond substituents is 2. The van der Waals surface area contributed by atoms with E-state index < -0.39 is 11.8 Å². The zero-order valence-corrected chi connectivity index (χ0v) is 39.3. The van der Waals surface area contributed by atoms with E-state index in [1.807, 2.05) is 36.4 Å². The summed E-state index contributed by atoms with van der Waals surface area (Å²) in [6.07, 6.45) is 0. The van der Waals surface area contributed by atoms with Crippen molar-refractivity contribution in [2.45, 2.75) is 13.2 Å². The fourth-order valence-electron chi connectivity index (χ4n) is 8.10. The molecule has 1 aliphatic carbocycles. The number of halogens is 2. The van der Waals surface area contributed by atoms with Crippen LogP contribution in [0.25, 0.3) is 32.7 Å². The zero-order chi connectivity index (χ0) is 49.2. The smallest absolute Gasteiger partial charge is 0.259 e. The third-order valence-corrected chi connectivity index (χ3v) is 12.3. The van der Waals surface area contributed by atoms with Gasteiger partial charge in [0.2, 0.25) is 0 Å². The molecule has 0 bridgehead atoms. The molecule has 0 spiro atoms. The number of phenols is 2. The predicted molar refractivity (Wildman–Crippen MR) is 268 cm³/mol. The number of carbonyl (C=O) groups excluding carboxylic acids is 3. The lowest BCUT2D eigenvalue weighted by Crippen LogP contribution is -2.14. The van der Waals surface area contributed by atoms with E-state index in [0.29, 0.717) is 72.5 Å². The Kier molecular flexibility index (Phi) is 13.3. The maximum atomic E-state index is 13.8. The lowest BCUT2D eigenvalue weighted by molar-refractivity contribution is 0.101. The van der Waals surface area contributed by atoms with Crippen LogP contribution in [-0.4, -0.2) is 56.2 Å². The molecule has 0 saturated carbocycles. The van der Waals surface area contributed by atoms with Crippen molar-refractivity contribution in [3.05, 3.63) is 165 Å². The van der Waals surface area contributed by atoms with Crippen LogP contribution < -0.4 is 40.5 Å². The van der Waals surface area contributed by atoms with Crippen LogP contribution >= 0.6 is 23.2 Å². The summed E-state index contributed by atoms with van der Waals surface area (Å²) in [7, 11) is 5.91. The van der Waals surface area contributed by atoms with E-state index in [2.05, 4.69) is 21.6 Å². The van der Waals surface area contributed by atoms with Crippen LogP contribution in [0.3, 0.4) is 0 Å². The minimum Gasteiger partial charge on any atom is -0.508 e. The topological polar surface area (TPSA) is 195 Å². The van der Waals surface area contributed by atoms with Crippen LogP contribution in [0.15, 0.2) is 121 Å². The van der Waals surface area contributed by atoms with Gasteiger partial charge in [0, 0.05) is 40.1 Å². The van der Waals surface area contributed by atoms with E-state index in [0.717, 1.165) is 27.5 Å². The zero-order valence-electron chi connectivity index (χ0n) is 37.8. The number of nitrogens with one attached hydrogen (secondary N) is 4. The van der Waals surface area contributed by atoms with Gasteiger partial charge in [0.25, 0.3) is 11.8 Å². The van der Waals surface area contributed by atoms with Crippen molar-refractivity contribution in [1.29, 1.82) is 0 Å². The maximum absolute atomic E-state index is 13.8. The van der Waals surface area contributed by atoms with Gasteiger partial charge in [-0.25, -0.2) is 0 Å². The van der Waals surface area contributed by atoms with Gasteiger partial charge in [0.1, 0.15) is 46.8 Å². The number of benzene rings is 8. The number of carbonyl (C=O) groups is 3. The lowest BCUT2D eigenvalue weighted by atomic mass is 10.0. The van der Waals surface area contributed by atoms with E-state index in [4.69, 9.17) is 51.8 Å². The highest BCUT2D eigenvalue weighted by molar-refractivity contribution is 6.33. The van der Waals surface area contributed by atoms with Gasteiger partial charge in [-0.15, -0.1) is 0 Å². The van der Waals surface area contributed by atoms with Crippen molar-refractivity contribution < 1.29 is 53.2 Å². The van der Waals surface area contributed by atoms with Crippen LogP contribution in [0.2, 0.25) is 10.0 Å². The highest BCUT2D eigenvalue weighted by atomic mass is 35.5. The lowest BCUT2D eigenvalue weighted by Gasteiger charge is -2.14. The van der Waals surface area contributed by atoms with E-state index >= 15 is 0 Å². The SMILES string of the molecule is COc1cc(OC)c(NOCc2cc3cc(CONc4ccc5c(c4)C(=O)c4cc(NC(=O)c6ccc7cc(O)c(C(=O)Nc8cc(Cl)c(OC)cc8OC)cc7c6)ccc4-5)ccc3cc2O)cc1Cl. The summed E-state index contributed by atoms with van der Waals surface area (Å²) in [5.41, 5.74) is 11.5. The van der Waals surface area contributed by atoms with Crippen LogP contribution in [0, 0.1) is 0 Å². The van der Waals surface area contributed by atoms with Gasteiger partial charge >= 0.3 is 0 Å². The number of methoxy groups -OCH3 is 4. The number of rotatable bonds is 16. The van der Waals surface area contributed by atoms with Crippen molar-refractivity contribution >= 4 is 85.1 Å². The van der Waals surface area contributed by atoms with E-state index in [-0.39, 0.29) is 52.3 Å². The Morgan fingerprint density at radius 3 is 1.77 bits per heavy atom. The first-order chi connectivity index (χ1) is 33.8. The molecule has 2 amide bonds. The Morgan fingerprint density at radius 2 is 1.09 bits per heavy atom. The van der Waals surface area contributed by atoms with E-state index in [1.54, 1.807) is 60.7 Å². The number of amides is 2. The van der Waals surface area contributed by atoms with Gasteiger partial charge in [-0.1, -0.05) is 53.5 Å². The van der Waals surface area contributed by atoms with Gasteiger partial charge in [-0.3, -0.25) is 35.0 Å². The normalized spacial score (nSPS) is 11.5. The third-order valence-electron chi connectivity index (χ3n) is 11.7. The second-order valence-electron chi connectivity index (χ2n) is 16.0. The Labute approximate surface area is 410 Å². The predicted octanol–water partition coefficient (Wildman–Crippen LogP) is 11.5. The number of hydrogen-bond donors (Lipinski definition) is 6. The maximum Gasteiger partial charge on any atom is 0.259 e. The van der Waals surface area contributed by atoms with E-state index in [9.17, 15) is 24.6 Å². The molecular weight excluding hydrogens is 940 g/mol. The standard InChI is InChI=1S/C53H42Cl2N4O11/c1-65-47-23-49(67-3)43(21-41(47)54)57-53(64)40-16-32-14-30(8-7-29(32)18-46(40)61)52(63)56-34-9-11-36-37-12-10-35(20-39(37)51(62)38(36)19-34)58-69-25-27-5-6-28-17-45(60)33(15-31(28)13-27)26-70-59-44-22-42(55)48(66-2)24-50(44)68-4/h5-24,58-61H,25-26H2,1-4H3,(H,56,63)(H,57,64). The number of ether oxygens (including phenoxy) is 4. The molecule has 8 aromatic rings. The molecule has 6 N–H and O–H groups in total. The molecule has 1 aliphatic rings. The Morgan fingerprint density at radius 1 is 0.500 bits per heavy atom. The Hall–Kier alpha value is -8.21. The first-order valence-corrected chi connectivity index (χ1v) is 22.2. The molecule has 0 saturated heterocycles. The number of anilines is 4. The molecule has 354 valence electrons. The number of ketones is 1. The summed E-state index contributed by atoms with van der Waals surface area (Å²) in [6, 6.07) is 33.8. The average molecular weight is 982 g/mol. The summed E-state index contributed by atoms with van der Waals surface area (Å²) >= 11 is 12.6. The average Bonchev–Trinajstić information content (AvgIpc) is 3.63. The molecule has 8 aromatic carbocycles. The Bertz CT molecular complexity index is 3420. The van der Waals surface area contributed by atoms with Gasteiger partial charge in [-0.2, -0.15) is 0 Å². The molecule has 9 rings (SSSR count). The quantitative estimate of drug-likeness (QED) is 0.0501. The molecular formula is C53H42Cl2N4O11. The first kappa shape index (κ1) is 46.9. The molecule has 70 heavy (non-hydrogen) atoms. The third kappa shape index (κ3) is 9.46. The van der Waals surface area contributed by atoms with Crippen LogP contribution in [0.5, 0.6) is 34.5 Å². The fraction of sp³-hybridized carbons (Fsp3) is 0.113. The van der Waals surface area contributed by atoms with Gasteiger partial charge in [-0.05, 0) is 117 Å². The summed E-state index contributed by atoms with van der Waals surface area (Å²) < 4.78 is 21.3. The summed E-state index contributed by atoms with van der Waals surface area (Å²) in [6.45, 7) is 0.210. The molecule has 17 heteroatoms. The molecule has 15 nitrogen and oxygen atoms in total. The minimum absolute atomic E-state index is 0.0267. The Balaban J connectivity index is 0.824. The van der Waals surface area contributed by atoms with Crippen LogP contribution in [0.4, 0.5) is 22.7 Å². The summed E-state index contributed by atoms with van der Waals surface area (Å²) in [4.78, 5) is 52.3. The van der Waals surface area contributed by atoms with Crippen molar-refractivity contribution in [3.8, 4) is 45.6 Å². The molecule has 0 radical (unpaired) electrons. The van der Waals surface area contributed by atoms with Gasteiger partial charge in [0.15, 0.2) is 5.78 Å². The van der Waals surface area contributed by atoms with Crippen molar-refractivity contribution in [3.63, 3.8) is 0 Å². The van der Waals surface area contributed by atoms with Crippen molar-refractivity contribution in [2.75, 3.05) is 50.0 Å². The van der Waals surface area contributed by atoms with E-state index in [1.165, 1.54) is 52.7 Å². The second kappa shape index (κ2) is 19.8. The molecule has 0 aliphatic heterocycles. The highest BCUT2D eigenvalue weighted by Gasteiger charge is 2.28. The molecule has 0 atom stereocenters. The molecule has 0 unspecified atom stereocenters. The summed E-state index contributed by atoms with van der Waals surface area (Å²) in [5.74, 6) is 0.0712.